The van der Waals surface area contributed by atoms with E-state index in [1.165, 1.54) is 6.21 Å². The van der Waals surface area contributed by atoms with E-state index in [-0.39, 0.29) is 24.9 Å². The lowest BCUT2D eigenvalue weighted by Gasteiger charge is -2.14. The number of amides is 1. The molecule has 0 bridgehead atoms. The number of hydrogen-bond acceptors (Lipinski definition) is 5. The Hall–Kier alpha value is -0.980. The maximum atomic E-state index is 10.9. The summed E-state index contributed by atoms with van der Waals surface area (Å²) in [6.07, 6.45) is 0.970. The first kappa shape index (κ1) is 11.5. The summed E-state index contributed by atoms with van der Waals surface area (Å²) in [5, 5.41) is 21.3. The monoisotopic (exact) mass is 228 g/mol. The van der Waals surface area contributed by atoms with Gasteiger partial charge in [0.05, 0.1) is 13.0 Å². The first-order valence-electron chi connectivity index (χ1n) is 5.32. The van der Waals surface area contributed by atoms with E-state index in [4.69, 9.17) is 9.84 Å². The van der Waals surface area contributed by atoms with Gasteiger partial charge in [-0.1, -0.05) is 0 Å². The molecule has 1 saturated heterocycles. The maximum absolute atomic E-state index is 10.9. The quantitative estimate of drug-likeness (QED) is 0.519. The highest BCUT2D eigenvalue weighted by Gasteiger charge is 2.67. The summed E-state index contributed by atoms with van der Waals surface area (Å²) in [5.41, 5.74) is -0.575. The van der Waals surface area contributed by atoms with Crippen molar-refractivity contribution in [2.75, 3.05) is 13.7 Å². The van der Waals surface area contributed by atoms with E-state index in [0.717, 1.165) is 0 Å². The molecule has 0 aromatic rings. The van der Waals surface area contributed by atoms with Crippen molar-refractivity contribution < 1.29 is 19.7 Å². The van der Waals surface area contributed by atoms with Crippen molar-refractivity contribution in [2.24, 2.45) is 10.9 Å². The van der Waals surface area contributed by atoms with Crippen LogP contribution in [0.4, 0.5) is 0 Å². The lowest BCUT2D eigenvalue weighted by Crippen LogP contribution is -2.25. The Morgan fingerprint density at radius 3 is 3.06 bits per heavy atom. The molecule has 0 aromatic carbocycles. The average molecular weight is 228 g/mol. The Labute approximate surface area is 93.3 Å². The number of nitrogens with one attached hydrogen (secondary N) is 1. The Bertz CT molecular complexity index is 320. The van der Waals surface area contributed by atoms with E-state index in [1.54, 1.807) is 7.05 Å². The fraction of sp³-hybridized carbons (Fsp3) is 0.800. The standard InChI is InChI=1S/C10H16N2O4/c1-11-7(14)2-3-12-9-8(15)6-4-10(6,5-13)16-9/h3,6,8-9,13,15H,2,4-5H2,1H3,(H,11,14). The van der Waals surface area contributed by atoms with Gasteiger partial charge in [-0.25, -0.2) is 0 Å². The minimum atomic E-state index is -0.673. The van der Waals surface area contributed by atoms with Crippen molar-refractivity contribution in [3.8, 4) is 0 Å². The van der Waals surface area contributed by atoms with Gasteiger partial charge in [0.2, 0.25) is 5.91 Å². The van der Waals surface area contributed by atoms with Crippen LogP contribution >= 0.6 is 0 Å². The average Bonchev–Trinajstić information content (AvgIpc) is 2.95. The van der Waals surface area contributed by atoms with E-state index in [9.17, 15) is 9.90 Å². The number of aliphatic imine (C=N–C) groups is 1. The number of ether oxygens (including phenoxy) is 1. The van der Waals surface area contributed by atoms with Crippen LogP contribution in [0, 0.1) is 5.92 Å². The van der Waals surface area contributed by atoms with Crippen LogP contribution in [0.15, 0.2) is 4.99 Å². The molecule has 2 aliphatic rings. The molecule has 0 aromatic heterocycles. The fourth-order valence-electron chi connectivity index (χ4n) is 2.07. The molecule has 6 heteroatoms. The van der Waals surface area contributed by atoms with Crippen LogP contribution in [-0.2, 0) is 9.53 Å². The molecule has 0 spiro atoms. The van der Waals surface area contributed by atoms with Crippen molar-refractivity contribution >= 4 is 12.1 Å². The highest BCUT2D eigenvalue weighted by atomic mass is 16.6. The van der Waals surface area contributed by atoms with E-state index in [0.29, 0.717) is 6.42 Å². The van der Waals surface area contributed by atoms with Crippen LogP contribution < -0.4 is 5.32 Å². The zero-order chi connectivity index (χ0) is 11.8. The first-order valence-corrected chi connectivity index (χ1v) is 5.32. The summed E-state index contributed by atoms with van der Waals surface area (Å²) in [6.45, 7) is -0.0871. The molecule has 1 heterocycles. The molecule has 4 unspecified atom stereocenters. The number of nitrogens with zero attached hydrogens (tertiary/aromatic N) is 1. The van der Waals surface area contributed by atoms with Crippen molar-refractivity contribution in [1.82, 2.24) is 5.32 Å². The summed E-state index contributed by atoms with van der Waals surface area (Å²) in [6, 6.07) is 0. The topological polar surface area (TPSA) is 91.2 Å². The summed E-state index contributed by atoms with van der Waals surface area (Å²) in [5.74, 6) is -0.155. The fourth-order valence-corrected chi connectivity index (χ4v) is 2.07. The summed E-state index contributed by atoms with van der Waals surface area (Å²) in [4.78, 5) is 14.9. The van der Waals surface area contributed by atoms with Crippen molar-refractivity contribution in [3.05, 3.63) is 0 Å². The third-order valence-corrected chi connectivity index (χ3v) is 3.22. The zero-order valence-corrected chi connectivity index (χ0v) is 9.09. The van der Waals surface area contributed by atoms with Gasteiger partial charge in [0.25, 0.3) is 0 Å². The van der Waals surface area contributed by atoms with Gasteiger partial charge in [0, 0.05) is 19.2 Å². The number of aliphatic hydroxyl groups excluding tert-OH is 2. The van der Waals surface area contributed by atoms with Crippen LogP contribution in [0.3, 0.4) is 0 Å². The molecular weight excluding hydrogens is 212 g/mol. The lowest BCUT2D eigenvalue weighted by atomic mass is 10.2. The predicted octanol–water partition coefficient (Wildman–Crippen LogP) is -1.34. The van der Waals surface area contributed by atoms with Gasteiger partial charge in [0.1, 0.15) is 11.7 Å². The van der Waals surface area contributed by atoms with E-state index >= 15 is 0 Å². The number of carbonyl (C=O) groups excluding carboxylic acids is 1. The number of fused-ring (bicyclic) bond motifs is 1. The predicted molar refractivity (Wildman–Crippen MR) is 56.0 cm³/mol. The number of aliphatic hydroxyl groups is 2. The molecule has 0 radical (unpaired) electrons. The minimum Gasteiger partial charge on any atom is -0.393 e. The smallest absolute Gasteiger partial charge is 0.225 e. The lowest BCUT2D eigenvalue weighted by molar-refractivity contribution is -0.119. The maximum Gasteiger partial charge on any atom is 0.225 e. The van der Waals surface area contributed by atoms with Gasteiger partial charge >= 0.3 is 0 Å². The van der Waals surface area contributed by atoms with Crippen LogP contribution in [-0.4, -0.2) is 53.9 Å². The molecule has 4 atom stereocenters. The SMILES string of the molecule is CNC(=O)CC=NC1OC2(CO)CC2C1O. The zero-order valence-electron chi connectivity index (χ0n) is 9.09. The number of carbonyl (C=O) groups is 1. The van der Waals surface area contributed by atoms with E-state index in [1.807, 2.05) is 0 Å². The van der Waals surface area contributed by atoms with Gasteiger partial charge in [-0.2, -0.15) is 0 Å². The van der Waals surface area contributed by atoms with Crippen LogP contribution in [0.5, 0.6) is 0 Å². The van der Waals surface area contributed by atoms with E-state index < -0.39 is 17.9 Å². The normalized spacial score (nSPS) is 41.1. The summed E-state index contributed by atoms with van der Waals surface area (Å²) >= 11 is 0. The molecule has 16 heavy (non-hydrogen) atoms. The molecule has 2 fully saturated rings. The Balaban J connectivity index is 1.86. The largest absolute Gasteiger partial charge is 0.393 e. The van der Waals surface area contributed by atoms with Crippen LogP contribution in [0.2, 0.25) is 0 Å². The highest BCUT2D eigenvalue weighted by Crippen LogP contribution is 2.56. The molecule has 1 amide bonds. The van der Waals surface area contributed by atoms with E-state index in [2.05, 4.69) is 10.3 Å². The second-order valence-electron chi connectivity index (χ2n) is 4.24. The highest BCUT2D eigenvalue weighted by molar-refractivity contribution is 5.89. The molecule has 1 aliphatic carbocycles. The molecular formula is C10H16N2O4. The molecule has 2 rings (SSSR count). The van der Waals surface area contributed by atoms with Gasteiger partial charge < -0.3 is 20.3 Å². The second kappa shape index (κ2) is 4.12. The first-order chi connectivity index (χ1) is 7.63. The Kier molecular flexibility index (Phi) is 2.96. The Morgan fingerprint density at radius 2 is 2.50 bits per heavy atom. The van der Waals surface area contributed by atoms with Crippen molar-refractivity contribution in [2.45, 2.75) is 30.8 Å². The van der Waals surface area contributed by atoms with Crippen molar-refractivity contribution in [3.63, 3.8) is 0 Å². The van der Waals surface area contributed by atoms with Crippen LogP contribution in [0.1, 0.15) is 12.8 Å². The number of hydrogen-bond donors (Lipinski definition) is 3. The van der Waals surface area contributed by atoms with Crippen LogP contribution in [0.25, 0.3) is 0 Å². The molecule has 1 saturated carbocycles. The third kappa shape index (κ3) is 1.83. The summed E-state index contributed by atoms with van der Waals surface area (Å²) in [7, 11) is 1.55. The molecule has 1 aliphatic heterocycles. The summed E-state index contributed by atoms with van der Waals surface area (Å²) < 4.78 is 5.47. The second-order valence-corrected chi connectivity index (χ2v) is 4.24. The van der Waals surface area contributed by atoms with Gasteiger partial charge in [-0.05, 0) is 6.42 Å². The molecule has 3 N–H and O–H groups in total. The molecule has 90 valence electrons. The third-order valence-electron chi connectivity index (χ3n) is 3.22. The van der Waals surface area contributed by atoms with Gasteiger partial charge in [-0.15, -0.1) is 0 Å². The minimum absolute atomic E-state index is 0.0142. The van der Waals surface area contributed by atoms with Gasteiger partial charge in [0.15, 0.2) is 6.23 Å². The number of rotatable bonds is 4. The Morgan fingerprint density at radius 1 is 1.75 bits per heavy atom. The molecule has 6 nitrogen and oxygen atoms in total. The van der Waals surface area contributed by atoms with Gasteiger partial charge in [-0.3, -0.25) is 9.79 Å². The van der Waals surface area contributed by atoms with Crippen molar-refractivity contribution in [1.29, 1.82) is 0 Å².